The zero-order valence-electron chi connectivity index (χ0n) is 11.5. The second-order valence-corrected chi connectivity index (χ2v) is 6.25. The van der Waals surface area contributed by atoms with Crippen LogP contribution < -0.4 is 0 Å². The molecule has 2 rings (SSSR count). The summed E-state index contributed by atoms with van der Waals surface area (Å²) in [4.78, 5) is 11.3. The van der Waals surface area contributed by atoms with E-state index in [1.165, 1.54) is 5.56 Å². The van der Waals surface area contributed by atoms with Crippen LogP contribution in [0.1, 0.15) is 39.2 Å². The van der Waals surface area contributed by atoms with E-state index in [0.717, 1.165) is 19.1 Å². The second kappa shape index (κ2) is 4.85. The Bertz CT molecular complexity index is 410. The van der Waals surface area contributed by atoms with E-state index in [4.69, 9.17) is 4.74 Å². The van der Waals surface area contributed by atoms with Gasteiger partial charge in [-0.25, -0.2) is 0 Å². The maximum atomic E-state index is 11.3. The van der Waals surface area contributed by atoms with Gasteiger partial charge in [0.05, 0.1) is 12.7 Å². The molecular weight excluding hydrogens is 224 g/mol. The Kier molecular flexibility index (Phi) is 3.58. The van der Waals surface area contributed by atoms with Gasteiger partial charge in [0.25, 0.3) is 0 Å². The molecule has 1 aliphatic rings. The average Bonchev–Trinajstić information content (AvgIpc) is 2.59. The van der Waals surface area contributed by atoms with Crippen molar-refractivity contribution in [3.05, 3.63) is 35.9 Å². The molecular formula is C16H22O2. The van der Waals surface area contributed by atoms with Crippen LogP contribution in [-0.2, 0) is 16.1 Å². The maximum absolute atomic E-state index is 11.3. The van der Waals surface area contributed by atoms with E-state index in [-0.39, 0.29) is 16.9 Å². The minimum absolute atomic E-state index is 0.0239. The molecule has 0 aliphatic heterocycles. The molecule has 1 saturated carbocycles. The number of carbonyl (C=O) groups is 1. The van der Waals surface area contributed by atoms with Gasteiger partial charge in [-0.2, -0.15) is 0 Å². The Hall–Kier alpha value is -1.15. The molecule has 98 valence electrons. The van der Waals surface area contributed by atoms with Gasteiger partial charge in [-0.05, 0) is 23.8 Å². The second-order valence-electron chi connectivity index (χ2n) is 6.25. The van der Waals surface area contributed by atoms with Gasteiger partial charge in [0.1, 0.15) is 6.29 Å². The van der Waals surface area contributed by atoms with E-state index in [2.05, 4.69) is 26.0 Å². The van der Waals surface area contributed by atoms with Crippen LogP contribution in [0.2, 0.25) is 0 Å². The predicted octanol–water partition coefficient (Wildman–Crippen LogP) is 3.60. The molecule has 2 nitrogen and oxygen atoms in total. The summed E-state index contributed by atoms with van der Waals surface area (Å²) in [5.74, 6) is 0. The van der Waals surface area contributed by atoms with Gasteiger partial charge in [-0.1, -0.05) is 51.1 Å². The fraction of sp³-hybridized carbons (Fsp3) is 0.562. The quantitative estimate of drug-likeness (QED) is 0.759. The van der Waals surface area contributed by atoms with Gasteiger partial charge in [-0.15, -0.1) is 0 Å². The number of aldehydes is 1. The number of carbonyl (C=O) groups excluding carboxylic acids is 1. The molecule has 2 atom stereocenters. The number of hydrogen-bond donors (Lipinski definition) is 0. The highest BCUT2D eigenvalue weighted by molar-refractivity contribution is 5.61. The fourth-order valence-corrected chi connectivity index (χ4v) is 2.74. The monoisotopic (exact) mass is 246 g/mol. The third-order valence-electron chi connectivity index (χ3n) is 4.52. The van der Waals surface area contributed by atoms with Crippen molar-refractivity contribution in [2.75, 3.05) is 0 Å². The highest BCUT2D eigenvalue weighted by Crippen LogP contribution is 2.51. The Labute approximate surface area is 109 Å². The summed E-state index contributed by atoms with van der Waals surface area (Å²) >= 11 is 0. The fourth-order valence-electron chi connectivity index (χ4n) is 2.74. The summed E-state index contributed by atoms with van der Waals surface area (Å²) in [5, 5.41) is 0. The largest absolute Gasteiger partial charge is 0.373 e. The molecule has 1 aromatic rings. The summed E-state index contributed by atoms with van der Waals surface area (Å²) in [5.41, 5.74) is 0.958. The minimum Gasteiger partial charge on any atom is -0.373 e. The molecule has 0 amide bonds. The van der Waals surface area contributed by atoms with Crippen LogP contribution in [0.15, 0.2) is 30.3 Å². The molecule has 0 spiro atoms. The van der Waals surface area contributed by atoms with E-state index in [1.54, 1.807) is 0 Å². The summed E-state index contributed by atoms with van der Waals surface area (Å²) in [6.07, 6.45) is 3.08. The third kappa shape index (κ3) is 2.49. The third-order valence-corrected chi connectivity index (χ3v) is 4.52. The highest BCUT2D eigenvalue weighted by Gasteiger charge is 2.50. The normalized spacial score (nSPS) is 30.3. The van der Waals surface area contributed by atoms with Crippen LogP contribution in [0.5, 0.6) is 0 Å². The molecule has 0 bridgehead atoms. The van der Waals surface area contributed by atoms with E-state index in [9.17, 15) is 4.79 Å². The molecule has 1 aromatic carbocycles. The van der Waals surface area contributed by atoms with Crippen molar-refractivity contribution in [1.29, 1.82) is 0 Å². The minimum atomic E-state index is -0.256. The summed E-state index contributed by atoms with van der Waals surface area (Å²) < 4.78 is 5.96. The van der Waals surface area contributed by atoms with Crippen LogP contribution in [0.3, 0.4) is 0 Å². The van der Waals surface area contributed by atoms with Crippen LogP contribution in [0.4, 0.5) is 0 Å². The van der Waals surface area contributed by atoms with Gasteiger partial charge >= 0.3 is 0 Å². The zero-order valence-corrected chi connectivity index (χ0v) is 11.5. The zero-order chi connectivity index (χ0) is 13.2. The SMILES string of the molecule is CC1(C)C[C@H](OCc2ccccc2)C[C@@]1(C)C=O. The molecule has 0 aromatic heterocycles. The van der Waals surface area contributed by atoms with Crippen LogP contribution in [0, 0.1) is 10.8 Å². The number of hydrogen-bond acceptors (Lipinski definition) is 2. The van der Waals surface area contributed by atoms with Crippen molar-refractivity contribution in [1.82, 2.24) is 0 Å². The number of rotatable bonds is 4. The van der Waals surface area contributed by atoms with E-state index in [1.807, 2.05) is 25.1 Å². The molecule has 0 saturated heterocycles. The van der Waals surface area contributed by atoms with Gasteiger partial charge in [0.2, 0.25) is 0 Å². The van der Waals surface area contributed by atoms with Crippen molar-refractivity contribution >= 4 is 6.29 Å². The van der Waals surface area contributed by atoms with E-state index < -0.39 is 0 Å². The lowest BCUT2D eigenvalue weighted by Crippen LogP contribution is -2.30. The van der Waals surface area contributed by atoms with Crippen LogP contribution in [-0.4, -0.2) is 12.4 Å². The van der Waals surface area contributed by atoms with Gasteiger partial charge in [0, 0.05) is 5.41 Å². The van der Waals surface area contributed by atoms with Crippen molar-refractivity contribution in [3.63, 3.8) is 0 Å². The number of ether oxygens (including phenoxy) is 1. The molecule has 1 aliphatic carbocycles. The lowest BCUT2D eigenvalue weighted by Gasteiger charge is -2.32. The lowest BCUT2D eigenvalue weighted by atomic mass is 9.70. The Morgan fingerprint density at radius 3 is 2.44 bits per heavy atom. The van der Waals surface area contributed by atoms with Crippen molar-refractivity contribution in [3.8, 4) is 0 Å². The Morgan fingerprint density at radius 2 is 1.89 bits per heavy atom. The van der Waals surface area contributed by atoms with Gasteiger partial charge in [0.15, 0.2) is 0 Å². The lowest BCUT2D eigenvalue weighted by molar-refractivity contribution is -0.119. The first-order valence-corrected chi connectivity index (χ1v) is 6.59. The predicted molar refractivity (Wildman–Crippen MR) is 72.2 cm³/mol. The first-order valence-electron chi connectivity index (χ1n) is 6.59. The van der Waals surface area contributed by atoms with Crippen molar-refractivity contribution in [2.24, 2.45) is 10.8 Å². The average molecular weight is 246 g/mol. The molecule has 0 N–H and O–H groups in total. The Morgan fingerprint density at radius 1 is 1.22 bits per heavy atom. The summed E-state index contributed by atoms with van der Waals surface area (Å²) in [6.45, 7) is 7.00. The van der Waals surface area contributed by atoms with E-state index in [0.29, 0.717) is 6.61 Å². The molecule has 1 fully saturated rings. The summed E-state index contributed by atoms with van der Waals surface area (Å²) in [6, 6.07) is 10.2. The van der Waals surface area contributed by atoms with Crippen LogP contribution in [0.25, 0.3) is 0 Å². The standard InChI is InChI=1S/C16H22O2/c1-15(2)9-14(10-16(15,3)12-17)18-11-13-7-5-4-6-8-13/h4-8,12,14H,9-11H2,1-3H3/t14-,16-/m0/s1. The first kappa shape index (κ1) is 13.3. The Balaban J connectivity index is 1.95. The van der Waals surface area contributed by atoms with Crippen molar-refractivity contribution < 1.29 is 9.53 Å². The van der Waals surface area contributed by atoms with Gasteiger partial charge in [-0.3, -0.25) is 0 Å². The molecule has 2 heteroatoms. The molecule has 0 unspecified atom stereocenters. The van der Waals surface area contributed by atoms with Crippen LogP contribution >= 0.6 is 0 Å². The maximum Gasteiger partial charge on any atom is 0.126 e. The van der Waals surface area contributed by atoms with Crippen molar-refractivity contribution in [2.45, 2.75) is 46.3 Å². The summed E-state index contributed by atoms with van der Waals surface area (Å²) in [7, 11) is 0. The molecule has 0 heterocycles. The van der Waals surface area contributed by atoms with E-state index >= 15 is 0 Å². The molecule has 18 heavy (non-hydrogen) atoms. The topological polar surface area (TPSA) is 26.3 Å². The number of benzene rings is 1. The smallest absolute Gasteiger partial charge is 0.126 e. The first-order chi connectivity index (χ1) is 8.47. The highest BCUT2D eigenvalue weighted by atomic mass is 16.5. The molecule has 0 radical (unpaired) electrons. The van der Waals surface area contributed by atoms with Gasteiger partial charge < -0.3 is 9.53 Å².